The van der Waals surface area contributed by atoms with Crippen LogP contribution in [0.3, 0.4) is 0 Å². The van der Waals surface area contributed by atoms with Crippen LogP contribution >= 0.6 is 0 Å². The maximum atomic E-state index is 11.7. The van der Waals surface area contributed by atoms with Gasteiger partial charge in [-0.2, -0.15) is 0 Å². The Kier molecular flexibility index (Phi) is 2.21. The molecule has 0 aliphatic carbocycles. The molecule has 1 aromatic rings. The summed E-state index contributed by atoms with van der Waals surface area (Å²) in [6, 6.07) is 3.64. The average molecular weight is 191 g/mol. The summed E-state index contributed by atoms with van der Waals surface area (Å²) in [4.78, 5) is 15.7. The van der Waals surface area contributed by atoms with E-state index in [4.69, 9.17) is 0 Å². The van der Waals surface area contributed by atoms with Gasteiger partial charge in [-0.05, 0) is 19.1 Å². The summed E-state index contributed by atoms with van der Waals surface area (Å²) in [7, 11) is 0. The molecular formula is C10H13N3O. The minimum Gasteiger partial charge on any atom is -0.324 e. The van der Waals surface area contributed by atoms with Crippen LogP contribution in [0.15, 0.2) is 24.5 Å². The average Bonchev–Trinajstić information content (AvgIpc) is 2.15. The number of nitrogens with zero attached hydrogens (tertiary/aromatic N) is 1. The quantitative estimate of drug-likeness (QED) is 0.721. The minimum absolute atomic E-state index is 0.0595. The summed E-state index contributed by atoms with van der Waals surface area (Å²) < 4.78 is 0. The highest BCUT2D eigenvalue weighted by Crippen LogP contribution is 2.23. The first-order valence-electron chi connectivity index (χ1n) is 4.63. The van der Waals surface area contributed by atoms with E-state index in [2.05, 4.69) is 15.6 Å². The van der Waals surface area contributed by atoms with Gasteiger partial charge < -0.3 is 10.6 Å². The fourth-order valence-corrected chi connectivity index (χ4v) is 1.38. The molecule has 0 aromatic carbocycles. The molecule has 1 saturated heterocycles. The summed E-state index contributed by atoms with van der Waals surface area (Å²) in [6.45, 7) is 3.45. The Labute approximate surface area is 82.7 Å². The summed E-state index contributed by atoms with van der Waals surface area (Å²) in [5, 5.41) is 5.93. The molecule has 1 amide bonds. The zero-order valence-corrected chi connectivity index (χ0v) is 8.08. The number of carbonyl (C=O) groups is 1. The predicted molar refractivity (Wildman–Crippen MR) is 53.8 cm³/mol. The summed E-state index contributed by atoms with van der Waals surface area (Å²) in [5.41, 5.74) is 0.501. The van der Waals surface area contributed by atoms with Crippen molar-refractivity contribution < 1.29 is 4.79 Å². The Balaban J connectivity index is 2.02. The van der Waals surface area contributed by atoms with Crippen LogP contribution < -0.4 is 10.6 Å². The van der Waals surface area contributed by atoms with Crippen LogP contribution in [0.4, 0.5) is 5.69 Å². The van der Waals surface area contributed by atoms with Crippen molar-refractivity contribution >= 4 is 11.6 Å². The molecule has 0 spiro atoms. The number of anilines is 1. The molecular weight excluding hydrogens is 178 g/mol. The van der Waals surface area contributed by atoms with Crippen LogP contribution in [0.2, 0.25) is 0 Å². The molecule has 0 atom stereocenters. The van der Waals surface area contributed by atoms with Gasteiger partial charge in [0.15, 0.2) is 0 Å². The molecule has 1 aromatic heterocycles. The molecule has 1 aliphatic heterocycles. The number of hydrogen-bond donors (Lipinski definition) is 2. The summed E-state index contributed by atoms with van der Waals surface area (Å²) in [6.07, 6.45) is 3.33. The van der Waals surface area contributed by atoms with Gasteiger partial charge in [0, 0.05) is 19.3 Å². The van der Waals surface area contributed by atoms with E-state index in [0.29, 0.717) is 0 Å². The molecule has 0 radical (unpaired) electrons. The zero-order chi connectivity index (χ0) is 10.0. The fourth-order valence-electron chi connectivity index (χ4n) is 1.38. The molecule has 4 heteroatoms. The lowest BCUT2D eigenvalue weighted by atomic mass is 9.83. The molecule has 1 aliphatic rings. The van der Waals surface area contributed by atoms with Gasteiger partial charge >= 0.3 is 0 Å². The van der Waals surface area contributed by atoms with E-state index in [-0.39, 0.29) is 11.3 Å². The number of hydrogen-bond acceptors (Lipinski definition) is 3. The lowest BCUT2D eigenvalue weighted by Crippen LogP contribution is -2.58. The van der Waals surface area contributed by atoms with Gasteiger partial charge in [-0.1, -0.05) is 0 Å². The largest absolute Gasteiger partial charge is 0.324 e. The normalized spacial score (nSPS) is 18.4. The summed E-state index contributed by atoms with van der Waals surface area (Å²) in [5.74, 6) is 0.0595. The second-order valence-corrected chi connectivity index (χ2v) is 3.86. The number of nitrogens with one attached hydrogen (secondary N) is 2. The Morgan fingerprint density at radius 1 is 1.64 bits per heavy atom. The molecule has 2 N–H and O–H groups in total. The van der Waals surface area contributed by atoms with Crippen molar-refractivity contribution in [1.82, 2.24) is 10.3 Å². The maximum absolute atomic E-state index is 11.7. The topological polar surface area (TPSA) is 54.0 Å². The van der Waals surface area contributed by atoms with Gasteiger partial charge in [0.05, 0.1) is 17.3 Å². The Morgan fingerprint density at radius 3 is 2.93 bits per heavy atom. The van der Waals surface area contributed by atoms with E-state index in [0.717, 1.165) is 18.8 Å². The first kappa shape index (κ1) is 9.15. The van der Waals surface area contributed by atoms with Crippen LogP contribution in [0.1, 0.15) is 6.92 Å². The maximum Gasteiger partial charge on any atom is 0.232 e. The molecule has 0 bridgehead atoms. The molecule has 2 rings (SSSR count). The predicted octanol–water partition coefficient (Wildman–Crippen LogP) is 0.630. The van der Waals surface area contributed by atoms with Crippen molar-refractivity contribution in [2.75, 3.05) is 18.4 Å². The van der Waals surface area contributed by atoms with Crippen LogP contribution in [0.25, 0.3) is 0 Å². The van der Waals surface area contributed by atoms with Gasteiger partial charge in [0.1, 0.15) is 0 Å². The first-order valence-corrected chi connectivity index (χ1v) is 4.63. The lowest BCUT2D eigenvalue weighted by molar-refractivity contribution is -0.127. The van der Waals surface area contributed by atoms with E-state index in [1.807, 2.05) is 13.0 Å². The van der Waals surface area contributed by atoms with E-state index in [1.165, 1.54) is 0 Å². The fraction of sp³-hybridized carbons (Fsp3) is 0.400. The molecule has 1 fully saturated rings. The highest BCUT2D eigenvalue weighted by Gasteiger charge is 2.39. The van der Waals surface area contributed by atoms with Gasteiger partial charge in [-0.25, -0.2) is 0 Å². The van der Waals surface area contributed by atoms with Crippen molar-refractivity contribution in [1.29, 1.82) is 0 Å². The minimum atomic E-state index is -0.254. The van der Waals surface area contributed by atoms with Crippen molar-refractivity contribution in [3.05, 3.63) is 24.5 Å². The third-order valence-electron chi connectivity index (χ3n) is 2.50. The standard InChI is InChI=1S/C10H13N3O/c1-10(6-12-7-10)9(14)13-8-3-2-4-11-5-8/h2-5,12H,6-7H2,1H3,(H,13,14). The highest BCUT2D eigenvalue weighted by molar-refractivity contribution is 5.95. The Bertz CT molecular complexity index is 332. The van der Waals surface area contributed by atoms with Gasteiger partial charge in [-0.3, -0.25) is 9.78 Å². The van der Waals surface area contributed by atoms with E-state index < -0.39 is 0 Å². The first-order chi connectivity index (χ1) is 6.71. The third kappa shape index (κ3) is 1.61. The highest BCUT2D eigenvalue weighted by atomic mass is 16.2. The van der Waals surface area contributed by atoms with Crippen LogP contribution in [-0.2, 0) is 4.79 Å². The third-order valence-corrected chi connectivity index (χ3v) is 2.50. The molecule has 14 heavy (non-hydrogen) atoms. The number of aromatic nitrogens is 1. The van der Waals surface area contributed by atoms with E-state index >= 15 is 0 Å². The van der Waals surface area contributed by atoms with Crippen LogP contribution in [-0.4, -0.2) is 24.0 Å². The van der Waals surface area contributed by atoms with Gasteiger partial charge in [0.25, 0.3) is 0 Å². The van der Waals surface area contributed by atoms with Crippen LogP contribution in [0, 0.1) is 5.41 Å². The Hall–Kier alpha value is -1.42. The molecule has 4 nitrogen and oxygen atoms in total. The smallest absolute Gasteiger partial charge is 0.232 e. The molecule has 0 saturated carbocycles. The second kappa shape index (κ2) is 3.38. The van der Waals surface area contributed by atoms with Crippen molar-refractivity contribution in [2.24, 2.45) is 5.41 Å². The Morgan fingerprint density at radius 2 is 2.43 bits per heavy atom. The van der Waals surface area contributed by atoms with Gasteiger partial charge in [-0.15, -0.1) is 0 Å². The van der Waals surface area contributed by atoms with Gasteiger partial charge in [0.2, 0.25) is 5.91 Å². The van der Waals surface area contributed by atoms with E-state index in [9.17, 15) is 4.79 Å². The van der Waals surface area contributed by atoms with Crippen LogP contribution in [0.5, 0.6) is 0 Å². The number of rotatable bonds is 2. The number of amides is 1. The SMILES string of the molecule is CC1(C(=O)Nc2cccnc2)CNC1. The number of pyridine rings is 1. The van der Waals surface area contributed by atoms with Crippen molar-refractivity contribution in [3.8, 4) is 0 Å². The zero-order valence-electron chi connectivity index (χ0n) is 8.08. The lowest BCUT2D eigenvalue weighted by Gasteiger charge is -2.37. The number of carbonyl (C=O) groups excluding carboxylic acids is 1. The molecule has 2 heterocycles. The molecule has 74 valence electrons. The summed E-state index contributed by atoms with van der Waals surface area (Å²) >= 11 is 0. The molecule has 0 unspecified atom stereocenters. The van der Waals surface area contributed by atoms with Crippen molar-refractivity contribution in [2.45, 2.75) is 6.92 Å². The monoisotopic (exact) mass is 191 g/mol. The second-order valence-electron chi connectivity index (χ2n) is 3.86. The van der Waals surface area contributed by atoms with Crippen molar-refractivity contribution in [3.63, 3.8) is 0 Å². The van der Waals surface area contributed by atoms with E-state index in [1.54, 1.807) is 18.5 Å².